The van der Waals surface area contributed by atoms with E-state index in [1.807, 2.05) is 24.3 Å². The third-order valence-corrected chi connectivity index (χ3v) is 5.22. The maximum Gasteiger partial charge on any atom is 0.251 e. The third-order valence-electron chi connectivity index (χ3n) is 5.22. The maximum absolute atomic E-state index is 12.5. The Morgan fingerprint density at radius 2 is 1.85 bits per heavy atom. The van der Waals surface area contributed by atoms with Crippen molar-refractivity contribution in [1.29, 1.82) is 0 Å². The number of hydrogen-bond acceptors (Lipinski definition) is 4. The smallest absolute Gasteiger partial charge is 0.251 e. The number of rotatable bonds is 5. The van der Waals surface area contributed by atoms with Crippen LogP contribution in [0.2, 0.25) is 0 Å². The molecule has 0 bridgehead atoms. The topological polar surface area (TPSA) is 50.8 Å². The van der Waals surface area contributed by atoms with E-state index in [1.165, 1.54) is 5.69 Å². The second-order valence-corrected chi connectivity index (χ2v) is 7.07. The van der Waals surface area contributed by atoms with Crippen LogP contribution in [-0.4, -0.2) is 51.5 Å². The van der Waals surface area contributed by atoms with Gasteiger partial charge in [0.1, 0.15) is 0 Å². The first-order valence-corrected chi connectivity index (χ1v) is 9.72. The van der Waals surface area contributed by atoms with Gasteiger partial charge in [0.25, 0.3) is 5.91 Å². The minimum Gasteiger partial charge on any atom is -0.378 e. The van der Waals surface area contributed by atoms with Crippen molar-refractivity contribution in [3.8, 4) is 11.1 Å². The second kappa shape index (κ2) is 8.55. The first-order chi connectivity index (χ1) is 13.3. The summed E-state index contributed by atoms with van der Waals surface area (Å²) in [7, 11) is 0. The average Bonchev–Trinajstić information content (AvgIpc) is 3.27. The molecule has 2 fully saturated rings. The number of amides is 1. The highest BCUT2D eigenvalue weighted by Crippen LogP contribution is 2.24. The molecule has 0 spiro atoms. The summed E-state index contributed by atoms with van der Waals surface area (Å²) >= 11 is 0. The summed E-state index contributed by atoms with van der Waals surface area (Å²) in [5.41, 5.74) is 4.06. The van der Waals surface area contributed by atoms with Gasteiger partial charge in [-0.2, -0.15) is 0 Å². The maximum atomic E-state index is 12.5. The molecule has 2 saturated heterocycles. The molecule has 0 aromatic heterocycles. The van der Waals surface area contributed by atoms with E-state index in [2.05, 4.69) is 34.5 Å². The van der Waals surface area contributed by atoms with Gasteiger partial charge in [0, 0.05) is 37.5 Å². The number of nitrogens with one attached hydrogen (secondary N) is 1. The van der Waals surface area contributed by atoms with Gasteiger partial charge in [-0.25, -0.2) is 0 Å². The van der Waals surface area contributed by atoms with E-state index in [4.69, 9.17) is 9.47 Å². The molecule has 0 unspecified atom stereocenters. The van der Waals surface area contributed by atoms with Gasteiger partial charge in [-0.3, -0.25) is 4.79 Å². The minimum atomic E-state index is -0.0442. The van der Waals surface area contributed by atoms with Crippen molar-refractivity contribution in [3.05, 3.63) is 54.1 Å². The number of hydrogen-bond donors (Lipinski definition) is 1. The Hall–Kier alpha value is -2.37. The van der Waals surface area contributed by atoms with Crippen molar-refractivity contribution in [2.24, 2.45) is 0 Å². The summed E-state index contributed by atoms with van der Waals surface area (Å²) in [5, 5.41) is 2.99. The van der Waals surface area contributed by atoms with Crippen molar-refractivity contribution >= 4 is 11.6 Å². The van der Waals surface area contributed by atoms with Crippen LogP contribution >= 0.6 is 0 Å². The van der Waals surface area contributed by atoms with Gasteiger partial charge in [-0.1, -0.05) is 24.3 Å². The molecule has 1 amide bonds. The Labute approximate surface area is 160 Å². The van der Waals surface area contributed by atoms with Crippen molar-refractivity contribution in [1.82, 2.24) is 5.32 Å². The highest BCUT2D eigenvalue weighted by molar-refractivity contribution is 5.95. The normalized spacial score (nSPS) is 19.9. The lowest BCUT2D eigenvalue weighted by molar-refractivity contribution is 0.0858. The summed E-state index contributed by atoms with van der Waals surface area (Å²) < 4.78 is 11.0. The third kappa shape index (κ3) is 4.49. The SMILES string of the molecule is O=C(NC[C@H]1CCCO1)c1cccc(-c2ccc(N3CCOCC3)cc2)c1. The zero-order valence-electron chi connectivity index (χ0n) is 15.5. The molecular weight excluding hydrogens is 340 g/mol. The predicted octanol–water partition coefficient (Wildman–Crippen LogP) is 3.10. The molecule has 2 aromatic carbocycles. The Kier molecular flexibility index (Phi) is 5.70. The molecular formula is C22H26N2O3. The van der Waals surface area contributed by atoms with Crippen LogP contribution in [-0.2, 0) is 9.47 Å². The lowest BCUT2D eigenvalue weighted by Crippen LogP contribution is -2.36. The van der Waals surface area contributed by atoms with Gasteiger partial charge in [-0.15, -0.1) is 0 Å². The van der Waals surface area contributed by atoms with Crippen molar-refractivity contribution < 1.29 is 14.3 Å². The minimum absolute atomic E-state index is 0.0442. The van der Waals surface area contributed by atoms with E-state index in [-0.39, 0.29) is 12.0 Å². The predicted molar refractivity (Wildman–Crippen MR) is 106 cm³/mol. The monoisotopic (exact) mass is 366 g/mol. The van der Waals surface area contributed by atoms with Gasteiger partial charge in [-0.05, 0) is 48.2 Å². The number of nitrogens with zero attached hydrogens (tertiary/aromatic N) is 1. The Balaban J connectivity index is 1.42. The van der Waals surface area contributed by atoms with Crippen LogP contribution in [0.1, 0.15) is 23.2 Å². The largest absolute Gasteiger partial charge is 0.378 e. The van der Waals surface area contributed by atoms with Crippen LogP contribution in [0.3, 0.4) is 0 Å². The number of carbonyl (C=O) groups is 1. The molecule has 5 heteroatoms. The van der Waals surface area contributed by atoms with Gasteiger partial charge < -0.3 is 19.7 Å². The highest BCUT2D eigenvalue weighted by Gasteiger charge is 2.17. The molecule has 4 rings (SSSR count). The molecule has 27 heavy (non-hydrogen) atoms. The second-order valence-electron chi connectivity index (χ2n) is 7.07. The standard InChI is InChI=1S/C22H26N2O3/c25-22(23-16-21-5-2-12-27-21)19-4-1-3-18(15-19)17-6-8-20(9-7-17)24-10-13-26-14-11-24/h1,3-4,6-9,15,21H,2,5,10-14,16H2,(H,23,25)/t21-/m1/s1. The van der Waals surface area contributed by atoms with Crippen molar-refractivity contribution in [3.63, 3.8) is 0 Å². The summed E-state index contributed by atoms with van der Waals surface area (Å²) in [6, 6.07) is 16.3. The fraction of sp³-hybridized carbons (Fsp3) is 0.409. The molecule has 5 nitrogen and oxygen atoms in total. The Morgan fingerprint density at radius 1 is 1.04 bits per heavy atom. The van der Waals surface area contributed by atoms with E-state index >= 15 is 0 Å². The summed E-state index contributed by atoms with van der Waals surface area (Å²) in [5.74, 6) is -0.0442. The highest BCUT2D eigenvalue weighted by atomic mass is 16.5. The van der Waals surface area contributed by atoms with Crippen LogP contribution < -0.4 is 10.2 Å². The number of ether oxygens (including phenoxy) is 2. The fourth-order valence-corrected chi connectivity index (χ4v) is 3.64. The molecule has 142 valence electrons. The molecule has 0 aliphatic carbocycles. The van der Waals surface area contributed by atoms with Gasteiger partial charge in [0.15, 0.2) is 0 Å². The zero-order chi connectivity index (χ0) is 18.5. The molecule has 1 atom stereocenters. The Morgan fingerprint density at radius 3 is 2.59 bits per heavy atom. The molecule has 0 saturated carbocycles. The average molecular weight is 366 g/mol. The van der Waals surface area contributed by atoms with Gasteiger partial charge >= 0.3 is 0 Å². The zero-order valence-corrected chi connectivity index (χ0v) is 15.5. The van der Waals surface area contributed by atoms with Crippen LogP contribution in [0.25, 0.3) is 11.1 Å². The number of benzene rings is 2. The molecule has 2 heterocycles. The van der Waals surface area contributed by atoms with Crippen molar-refractivity contribution in [2.45, 2.75) is 18.9 Å². The van der Waals surface area contributed by atoms with E-state index in [9.17, 15) is 4.79 Å². The van der Waals surface area contributed by atoms with Crippen LogP contribution in [0.5, 0.6) is 0 Å². The number of morpholine rings is 1. The summed E-state index contributed by atoms with van der Waals surface area (Å²) in [6.45, 7) is 4.81. The fourth-order valence-electron chi connectivity index (χ4n) is 3.64. The van der Waals surface area contributed by atoms with Crippen LogP contribution in [0.4, 0.5) is 5.69 Å². The first kappa shape index (κ1) is 18.0. The molecule has 1 N–H and O–H groups in total. The summed E-state index contributed by atoms with van der Waals surface area (Å²) in [4.78, 5) is 14.8. The van der Waals surface area contributed by atoms with Gasteiger partial charge in [0.2, 0.25) is 0 Å². The molecule has 0 radical (unpaired) electrons. The quantitative estimate of drug-likeness (QED) is 0.883. The van der Waals surface area contributed by atoms with Crippen LogP contribution in [0.15, 0.2) is 48.5 Å². The Bertz CT molecular complexity index is 763. The lowest BCUT2D eigenvalue weighted by atomic mass is 10.0. The van der Waals surface area contributed by atoms with E-state index in [0.29, 0.717) is 12.1 Å². The molecule has 2 aromatic rings. The van der Waals surface area contributed by atoms with E-state index in [0.717, 1.165) is 56.9 Å². The number of anilines is 1. The summed E-state index contributed by atoms with van der Waals surface area (Å²) in [6.07, 6.45) is 2.26. The molecule has 2 aliphatic rings. The van der Waals surface area contributed by atoms with Crippen LogP contribution in [0, 0.1) is 0 Å². The van der Waals surface area contributed by atoms with Crippen molar-refractivity contribution in [2.75, 3.05) is 44.4 Å². The van der Waals surface area contributed by atoms with E-state index in [1.54, 1.807) is 0 Å². The van der Waals surface area contributed by atoms with E-state index < -0.39 is 0 Å². The number of carbonyl (C=O) groups excluding carboxylic acids is 1. The lowest BCUT2D eigenvalue weighted by Gasteiger charge is -2.28. The van der Waals surface area contributed by atoms with Gasteiger partial charge in [0.05, 0.1) is 19.3 Å². The molecule has 2 aliphatic heterocycles. The first-order valence-electron chi connectivity index (χ1n) is 9.72.